The van der Waals surface area contributed by atoms with Crippen molar-refractivity contribution < 1.29 is 9.50 Å². The lowest BCUT2D eigenvalue weighted by Crippen LogP contribution is -2.24. The maximum absolute atomic E-state index is 14.5. The quantitative estimate of drug-likeness (QED) is 0.923. The first-order valence-electron chi connectivity index (χ1n) is 8.64. The summed E-state index contributed by atoms with van der Waals surface area (Å²) in [4.78, 5) is 4.26. The van der Waals surface area contributed by atoms with Crippen molar-refractivity contribution >= 4 is 0 Å². The van der Waals surface area contributed by atoms with Gasteiger partial charge in [0.2, 0.25) is 0 Å². The van der Waals surface area contributed by atoms with E-state index in [1.807, 2.05) is 18.6 Å². The summed E-state index contributed by atoms with van der Waals surface area (Å²) in [6.07, 6.45) is 8.44. The monoisotopic (exact) mass is 314 g/mol. The molecule has 122 valence electrons. The Morgan fingerprint density at radius 3 is 2.87 bits per heavy atom. The van der Waals surface area contributed by atoms with E-state index in [-0.39, 0.29) is 18.0 Å². The molecule has 2 unspecified atom stereocenters. The highest BCUT2D eigenvalue weighted by Gasteiger charge is 2.34. The van der Waals surface area contributed by atoms with Gasteiger partial charge >= 0.3 is 0 Å². The number of imidazole rings is 1. The molecule has 4 rings (SSSR count). The summed E-state index contributed by atoms with van der Waals surface area (Å²) in [7, 11) is 0. The van der Waals surface area contributed by atoms with Crippen LogP contribution in [0, 0.1) is 17.7 Å². The number of aliphatic hydroxyl groups excluding tert-OH is 1. The topological polar surface area (TPSA) is 38.0 Å². The lowest BCUT2D eigenvalue weighted by atomic mass is 9.77. The molecule has 1 aromatic carbocycles. The number of fused-ring (bicyclic) bond motifs is 3. The summed E-state index contributed by atoms with van der Waals surface area (Å²) in [5.74, 6) is 1.02. The van der Waals surface area contributed by atoms with E-state index in [0.717, 1.165) is 48.9 Å². The SMILES string of the molecule is CC(CC1c2c(F)cccc2-c2cncn21)C1CCC(O)CC1. The molecular weight excluding hydrogens is 291 g/mol. The number of nitrogens with zero attached hydrogens (tertiary/aromatic N) is 2. The van der Waals surface area contributed by atoms with E-state index < -0.39 is 0 Å². The minimum Gasteiger partial charge on any atom is -0.393 e. The van der Waals surface area contributed by atoms with Crippen LogP contribution in [0.25, 0.3) is 11.3 Å². The van der Waals surface area contributed by atoms with Gasteiger partial charge in [0.25, 0.3) is 0 Å². The zero-order valence-corrected chi connectivity index (χ0v) is 13.5. The summed E-state index contributed by atoms with van der Waals surface area (Å²) in [6, 6.07) is 5.38. The smallest absolute Gasteiger partial charge is 0.129 e. The predicted molar refractivity (Wildman–Crippen MR) is 87.5 cm³/mol. The van der Waals surface area contributed by atoms with E-state index in [9.17, 15) is 9.50 Å². The zero-order valence-electron chi connectivity index (χ0n) is 13.5. The molecule has 0 radical (unpaired) electrons. The van der Waals surface area contributed by atoms with E-state index in [1.165, 1.54) is 0 Å². The minimum absolute atomic E-state index is 0.0468. The highest BCUT2D eigenvalue weighted by Crippen LogP contribution is 2.45. The third-order valence-electron chi connectivity index (χ3n) is 5.81. The highest BCUT2D eigenvalue weighted by molar-refractivity contribution is 5.69. The van der Waals surface area contributed by atoms with Crippen LogP contribution in [0.5, 0.6) is 0 Å². The molecule has 2 heterocycles. The van der Waals surface area contributed by atoms with Crippen LogP contribution >= 0.6 is 0 Å². The third kappa shape index (κ3) is 2.49. The highest BCUT2D eigenvalue weighted by atomic mass is 19.1. The zero-order chi connectivity index (χ0) is 16.0. The number of hydrogen-bond donors (Lipinski definition) is 1. The van der Waals surface area contributed by atoms with Gasteiger partial charge in [-0.05, 0) is 50.0 Å². The van der Waals surface area contributed by atoms with Crippen LogP contribution < -0.4 is 0 Å². The van der Waals surface area contributed by atoms with Gasteiger partial charge in [-0.1, -0.05) is 19.1 Å². The standard InChI is InChI=1S/C19H23FN2O/c1-12(13-5-7-14(23)8-6-13)9-17-19-15(3-2-4-16(19)20)18-10-21-11-22(17)18/h2-4,10-14,17,23H,5-9H2,1H3. The van der Waals surface area contributed by atoms with Crippen LogP contribution in [-0.2, 0) is 0 Å². The molecule has 1 aliphatic carbocycles. The number of rotatable bonds is 3. The van der Waals surface area contributed by atoms with Crippen LogP contribution in [0.2, 0.25) is 0 Å². The molecule has 2 atom stereocenters. The number of aromatic nitrogens is 2. The summed E-state index contributed by atoms with van der Waals surface area (Å²) < 4.78 is 16.6. The van der Waals surface area contributed by atoms with Gasteiger partial charge < -0.3 is 9.67 Å². The summed E-state index contributed by atoms with van der Waals surface area (Å²) >= 11 is 0. The first-order chi connectivity index (χ1) is 11.1. The van der Waals surface area contributed by atoms with E-state index in [0.29, 0.717) is 11.8 Å². The van der Waals surface area contributed by atoms with Crippen molar-refractivity contribution in [1.82, 2.24) is 9.55 Å². The summed E-state index contributed by atoms with van der Waals surface area (Å²) in [6.45, 7) is 2.28. The van der Waals surface area contributed by atoms with E-state index in [4.69, 9.17) is 0 Å². The predicted octanol–water partition coefficient (Wildman–Crippen LogP) is 4.17. The average Bonchev–Trinajstić information content (AvgIpc) is 3.12. The Kier molecular flexibility index (Phi) is 3.72. The molecule has 4 heteroatoms. The Balaban J connectivity index is 1.60. The van der Waals surface area contributed by atoms with Gasteiger partial charge in [-0.15, -0.1) is 0 Å². The molecule has 3 nitrogen and oxygen atoms in total. The second-order valence-electron chi connectivity index (χ2n) is 7.18. The molecule has 1 aliphatic heterocycles. The van der Waals surface area contributed by atoms with E-state index in [2.05, 4.69) is 16.5 Å². The fourth-order valence-electron chi connectivity index (χ4n) is 4.45. The molecule has 0 bridgehead atoms. The van der Waals surface area contributed by atoms with Crippen molar-refractivity contribution in [2.75, 3.05) is 0 Å². The lowest BCUT2D eigenvalue weighted by Gasteiger charge is -2.32. The van der Waals surface area contributed by atoms with Crippen molar-refractivity contribution in [1.29, 1.82) is 0 Å². The number of benzene rings is 1. The van der Waals surface area contributed by atoms with E-state index >= 15 is 0 Å². The summed E-state index contributed by atoms with van der Waals surface area (Å²) in [5.41, 5.74) is 2.84. The maximum Gasteiger partial charge on any atom is 0.129 e. The number of hydrogen-bond acceptors (Lipinski definition) is 2. The second-order valence-corrected chi connectivity index (χ2v) is 7.18. The molecule has 1 aromatic heterocycles. The fourth-order valence-corrected chi connectivity index (χ4v) is 4.45. The van der Waals surface area contributed by atoms with Gasteiger partial charge in [-0.2, -0.15) is 0 Å². The molecule has 0 spiro atoms. The Hall–Kier alpha value is -1.68. The maximum atomic E-state index is 14.5. The van der Waals surface area contributed by atoms with Crippen molar-refractivity contribution in [2.24, 2.45) is 11.8 Å². The normalized spacial score (nSPS) is 27.5. The van der Waals surface area contributed by atoms with Crippen LogP contribution in [-0.4, -0.2) is 20.8 Å². The van der Waals surface area contributed by atoms with Gasteiger partial charge in [0.15, 0.2) is 0 Å². The van der Waals surface area contributed by atoms with Gasteiger partial charge in [-0.25, -0.2) is 9.37 Å². The molecule has 0 saturated heterocycles. The van der Waals surface area contributed by atoms with Gasteiger partial charge in [0.1, 0.15) is 5.82 Å². The minimum atomic E-state index is -0.122. The first kappa shape index (κ1) is 14.9. The number of aliphatic hydroxyl groups is 1. The fraction of sp³-hybridized carbons (Fsp3) is 0.526. The number of halogens is 1. The van der Waals surface area contributed by atoms with E-state index in [1.54, 1.807) is 12.1 Å². The van der Waals surface area contributed by atoms with Gasteiger partial charge in [0, 0.05) is 11.1 Å². The van der Waals surface area contributed by atoms with Crippen molar-refractivity contribution in [3.8, 4) is 11.3 Å². The molecule has 1 N–H and O–H groups in total. The van der Waals surface area contributed by atoms with Crippen molar-refractivity contribution in [3.63, 3.8) is 0 Å². The van der Waals surface area contributed by atoms with Crippen LogP contribution in [0.3, 0.4) is 0 Å². The molecule has 1 saturated carbocycles. The van der Waals surface area contributed by atoms with Crippen molar-refractivity contribution in [3.05, 3.63) is 42.1 Å². The van der Waals surface area contributed by atoms with Crippen LogP contribution in [0.1, 0.15) is 50.6 Å². The van der Waals surface area contributed by atoms with Crippen LogP contribution in [0.4, 0.5) is 4.39 Å². The molecule has 0 amide bonds. The van der Waals surface area contributed by atoms with Crippen LogP contribution in [0.15, 0.2) is 30.7 Å². The Labute approximate surface area is 136 Å². The summed E-state index contributed by atoms with van der Waals surface area (Å²) in [5, 5.41) is 9.70. The second kappa shape index (κ2) is 5.75. The first-order valence-corrected chi connectivity index (χ1v) is 8.64. The Morgan fingerprint density at radius 2 is 2.09 bits per heavy atom. The third-order valence-corrected chi connectivity index (χ3v) is 5.81. The van der Waals surface area contributed by atoms with Gasteiger partial charge in [0.05, 0.1) is 30.4 Å². The Bertz CT molecular complexity index is 703. The molecule has 23 heavy (non-hydrogen) atoms. The lowest BCUT2D eigenvalue weighted by molar-refractivity contribution is 0.0903. The average molecular weight is 314 g/mol. The van der Waals surface area contributed by atoms with Gasteiger partial charge in [-0.3, -0.25) is 0 Å². The molecule has 1 fully saturated rings. The molecular formula is C19H23FN2O. The van der Waals surface area contributed by atoms with Crippen molar-refractivity contribution in [2.45, 2.75) is 51.2 Å². The molecule has 2 aliphatic rings. The largest absolute Gasteiger partial charge is 0.393 e. The Morgan fingerprint density at radius 1 is 1.30 bits per heavy atom. The molecule has 2 aromatic rings.